The van der Waals surface area contributed by atoms with Crippen molar-refractivity contribution in [2.24, 2.45) is 0 Å². The number of benzene rings is 3. The molecule has 0 amide bonds. The van der Waals surface area contributed by atoms with Crippen LogP contribution in [0.2, 0.25) is 0 Å². The zero-order valence-corrected chi connectivity index (χ0v) is 15.6. The number of ketones is 2. The minimum Gasteiger partial charge on any atom is -0.397 e. The topological polar surface area (TPSA) is 73.0 Å². The average molecular weight is 388 g/mol. The van der Waals surface area contributed by atoms with Crippen LogP contribution in [0.5, 0.6) is 0 Å². The van der Waals surface area contributed by atoms with Crippen molar-refractivity contribution in [1.82, 2.24) is 4.98 Å². The van der Waals surface area contributed by atoms with Gasteiger partial charge in [-0.25, -0.2) is 4.98 Å². The third kappa shape index (κ3) is 2.27. The van der Waals surface area contributed by atoms with Crippen molar-refractivity contribution in [3.63, 3.8) is 0 Å². The Kier molecular flexibility index (Phi) is 3.47. The summed E-state index contributed by atoms with van der Waals surface area (Å²) in [5.41, 5.74) is 9.14. The molecule has 0 saturated carbocycles. The van der Waals surface area contributed by atoms with Crippen LogP contribution in [0.4, 0.5) is 5.69 Å². The Balaban J connectivity index is 1.86. The van der Waals surface area contributed by atoms with E-state index in [1.807, 2.05) is 24.3 Å². The van der Waals surface area contributed by atoms with E-state index in [-0.39, 0.29) is 22.8 Å². The summed E-state index contributed by atoms with van der Waals surface area (Å²) in [7, 11) is 0. The van der Waals surface area contributed by atoms with Crippen LogP contribution in [0, 0.1) is 0 Å². The fraction of sp³-hybridized carbons (Fsp3) is 0. The number of para-hydroxylation sites is 1. The number of aromatic nitrogens is 1. The predicted octanol–water partition coefficient (Wildman–Crippen LogP) is 4.61. The second kappa shape index (κ2) is 5.77. The van der Waals surface area contributed by atoms with Gasteiger partial charge in [-0.05, 0) is 18.2 Å². The minimum absolute atomic E-state index is 0.213. The number of nitrogens with zero attached hydrogens (tertiary/aromatic N) is 1. The second-order valence-corrected chi connectivity index (χ2v) is 7.81. The summed E-state index contributed by atoms with van der Waals surface area (Å²) in [5, 5.41) is 0.670. The van der Waals surface area contributed by atoms with E-state index in [0.29, 0.717) is 32.2 Å². The van der Waals surface area contributed by atoms with Gasteiger partial charge in [0.05, 0.1) is 21.5 Å². The Morgan fingerprint density at radius 3 is 2.19 bits per heavy atom. The van der Waals surface area contributed by atoms with Crippen LogP contribution in [0.15, 0.2) is 59.5 Å². The summed E-state index contributed by atoms with van der Waals surface area (Å²) >= 11 is 5.92. The summed E-state index contributed by atoms with van der Waals surface area (Å²) in [4.78, 5) is 31.5. The fourth-order valence-corrected chi connectivity index (χ4v) is 4.69. The molecule has 0 unspecified atom stereocenters. The predicted molar refractivity (Wildman–Crippen MR) is 110 cm³/mol. The lowest BCUT2D eigenvalue weighted by atomic mass is 9.81. The SMILES string of the molecule is Nc1c(S)cc(-c2nc3ccccc3s2)c2c1C(=O)c1ccccc1C2=O. The largest absolute Gasteiger partial charge is 0.397 e. The molecule has 1 heterocycles. The van der Waals surface area contributed by atoms with E-state index in [0.717, 1.165) is 10.2 Å². The van der Waals surface area contributed by atoms with Gasteiger partial charge >= 0.3 is 0 Å². The molecule has 1 aliphatic carbocycles. The third-order valence-electron chi connectivity index (χ3n) is 4.74. The van der Waals surface area contributed by atoms with Gasteiger partial charge in [0.25, 0.3) is 0 Å². The first-order chi connectivity index (χ1) is 13.1. The first-order valence-electron chi connectivity index (χ1n) is 8.26. The number of hydrogen-bond donors (Lipinski definition) is 2. The van der Waals surface area contributed by atoms with Crippen molar-refractivity contribution in [2.45, 2.75) is 4.90 Å². The van der Waals surface area contributed by atoms with E-state index in [4.69, 9.17) is 5.73 Å². The molecule has 3 aromatic carbocycles. The van der Waals surface area contributed by atoms with Crippen molar-refractivity contribution in [3.8, 4) is 10.6 Å². The van der Waals surface area contributed by atoms with Gasteiger partial charge in [0.15, 0.2) is 11.6 Å². The van der Waals surface area contributed by atoms with E-state index in [1.165, 1.54) is 11.3 Å². The smallest absolute Gasteiger partial charge is 0.196 e. The van der Waals surface area contributed by atoms with E-state index >= 15 is 0 Å². The number of thiazole rings is 1. The summed E-state index contributed by atoms with van der Waals surface area (Å²) in [6.45, 7) is 0. The van der Waals surface area contributed by atoms with Gasteiger partial charge in [-0.2, -0.15) is 0 Å². The number of carbonyl (C=O) groups is 2. The molecule has 1 aliphatic rings. The Hall–Kier alpha value is -2.96. The third-order valence-corrected chi connectivity index (χ3v) is 6.18. The molecule has 27 heavy (non-hydrogen) atoms. The van der Waals surface area contributed by atoms with Gasteiger partial charge in [-0.3, -0.25) is 9.59 Å². The molecule has 1 aromatic heterocycles. The zero-order valence-electron chi connectivity index (χ0n) is 13.9. The highest BCUT2D eigenvalue weighted by atomic mass is 32.1. The lowest BCUT2D eigenvalue weighted by Crippen LogP contribution is -2.23. The molecule has 0 saturated heterocycles. The van der Waals surface area contributed by atoms with Gasteiger partial charge in [0.2, 0.25) is 0 Å². The van der Waals surface area contributed by atoms with Crippen LogP contribution in [0.1, 0.15) is 31.8 Å². The summed E-state index contributed by atoms with van der Waals surface area (Å²) in [6, 6.07) is 16.3. The van der Waals surface area contributed by atoms with Gasteiger partial charge < -0.3 is 5.73 Å². The maximum atomic E-state index is 13.3. The van der Waals surface area contributed by atoms with Crippen molar-refractivity contribution >= 4 is 51.4 Å². The molecular weight excluding hydrogens is 376 g/mol. The Labute approximate surface area is 164 Å². The van der Waals surface area contributed by atoms with E-state index < -0.39 is 0 Å². The summed E-state index contributed by atoms with van der Waals surface area (Å²) in [5.74, 6) is -0.467. The van der Waals surface area contributed by atoms with Crippen LogP contribution in [0.3, 0.4) is 0 Å². The molecule has 0 spiro atoms. The molecule has 6 heteroatoms. The number of fused-ring (bicyclic) bond motifs is 3. The van der Waals surface area contributed by atoms with Gasteiger partial charge in [0.1, 0.15) is 5.01 Å². The number of nitrogens with two attached hydrogens (primary N) is 1. The van der Waals surface area contributed by atoms with E-state index in [1.54, 1.807) is 30.3 Å². The van der Waals surface area contributed by atoms with Crippen molar-refractivity contribution < 1.29 is 9.59 Å². The van der Waals surface area contributed by atoms with Gasteiger partial charge in [-0.1, -0.05) is 36.4 Å². The lowest BCUT2D eigenvalue weighted by Gasteiger charge is -2.22. The minimum atomic E-state index is -0.254. The van der Waals surface area contributed by atoms with Crippen LogP contribution < -0.4 is 5.73 Å². The van der Waals surface area contributed by atoms with Crippen LogP contribution in [-0.2, 0) is 0 Å². The quantitative estimate of drug-likeness (QED) is 0.325. The number of anilines is 1. The number of carbonyl (C=O) groups excluding carboxylic acids is 2. The monoisotopic (exact) mass is 388 g/mol. The molecule has 5 rings (SSSR count). The van der Waals surface area contributed by atoms with Crippen LogP contribution >= 0.6 is 24.0 Å². The fourth-order valence-electron chi connectivity index (χ4n) is 3.46. The standard InChI is InChI=1S/C21H12N2O2S2/c22-18-14(26)9-12(21-23-13-7-3-4-8-15(13)27-21)16-17(18)20(25)11-6-2-1-5-10(11)19(16)24/h1-9,26H,22H2. The van der Waals surface area contributed by atoms with E-state index in [2.05, 4.69) is 17.6 Å². The zero-order chi connectivity index (χ0) is 18.7. The van der Waals surface area contributed by atoms with E-state index in [9.17, 15) is 9.59 Å². The number of hydrogen-bond acceptors (Lipinski definition) is 6. The molecule has 0 bridgehead atoms. The summed E-state index contributed by atoms with van der Waals surface area (Å²) < 4.78 is 1.01. The molecule has 0 aliphatic heterocycles. The molecule has 0 fully saturated rings. The first-order valence-corrected chi connectivity index (χ1v) is 9.52. The Bertz CT molecular complexity index is 1260. The average Bonchev–Trinajstić information content (AvgIpc) is 3.12. The molecule has 2 N–H and O–H groups in total. The van der Waals surface area contributed by atoms with Crippen LogP contribution in [0.25, 0.3) is 20.8 Å². The number of rotatable bonds is 1. The highest BCUT2D eigenvalue weighted by Gasteiger charge is 2.35. The maximum absolute atomic E-state index is 13.3. The highest BCUT2D eigenvalue weighted by molar-refractivity contribution is 7.80. The van der Waals surface area contributed by atoms with Crippen LogP contribution in [-0.4, -0.2) is 16.6 Å². The molecule has 4 nitrogen and oxygen atoms in total. The van der Waals surface area contributed by atoms with Gasteiger partial charge in [0, 0.05) is 27.1 Å². The number of nitrogen functional groups attached to an aromatic ring is 1. The highest BCUT2D eigenvalue weighted by Crippen LogP contribution is 2.42. The molecule has 0 radical (unpaired) electrons. The summed E-state index contributed by atoms with van der Waals surface area (Å²) in [6.07, 6.45) is 0. The van der Waals surface area contributed by atoms with Crippen molar-refractivity contribution in [1.29, 1.82) is 0 Å². The molecule has 0 atom stereocenters. The van der Waals surface area contributed by atoms with Crippen molar-refractivity contribution in [2.75, 3.05) is 5.73 Å². The van der Waals surface area contributed by atoms with Gasteiger partial charge in [-0.15, -0.1) is 24.0 Å². The molecule has 130 valence electrons. The lowest BCUT2D eigenvalue weighted by molar-refractivity contribution is 0.0980. The second-order valence-electron chi connectivity index (χ2n) is 6.30. The first kappa shape index (κ1) is 16.2. The Morgan fingerprint density at radius 1 is 0.852 bits per heavy atom. The normalized spacial score (nSPS) is 12.9. The molecular formula is C21H12N2O2S2. The number of thiol groups is 1. The van der Waals surface area contributed by atoms with Crippen molar-refractivity contribution in [3.05, 3.63) is 76.9 Å². The Morgan fingerprint density at radius 2 is 1.48 bits per heavy atom. The molecule has 4 aromatic rings. The maximum Gasteiger partial charge on any atom is 0.196 e.